The zero-order chi connectivity index (χ0) is 27.5. The maximum Gasteiger partial charge on any atom is 0.309 e. The number of fused-ring (bicyclic) bond motifs is 4. The fourth-order valence-corrected chi connectivity index (χ4v) is 6.07. The smallest absolute Gasteiger partial charge is 0.309 e. The largest absolute Gasteiger partial charge is 0.457 e. The highest BCUT2D eigenvalue weighted by Gasteiger charge is 2.32. The topological polar surface area (TPSA) is 99.2 Å². The summed E-state index contributed by atoms with van der Waals surface area (Å²) in [6.07, 6.45) is 23.6. The summed E-state index contributed by atoms with van der Waals surface area (Å²) in [6, 6.07) is 0. The van der Waals surface area contributed by atoms with E-state index in [9.17, 15) is 4.79 Å². The summed E-state index contributed by atoms with van der Waals surface area (Å²) in [6.45, 7) is 6.49. The van der Waals surface area contributed by atoms with Gasteiger partial charge in [0.05, 0.1) is 30.8 Å². The molecule has 0 amide bonds. The summed E-state index contributed by atoms with van der Waals surface area (Å²) in [4.78, 5) is 13.1. The molecule has 0 spiro atoms. The van der Waals surface area contributed by atoms with E-state index in [-0.39, 0.29) is 42.7 Å². The number of hydrogen-bond acceptors (Lipinski definition) is 7. The van der Waals surface area contributed by atoms with Gasteiger partial charge in [0.1, 0.15) is 6.10 Å². The van der Waals surface area contributed by atoms with E-state index in [0.29, 0.717) is 12.0 Å². The second kappa shape index (κ2) is 15.5. The minimum atomic E-state index is -0.288. The van der Waals surface area contributed by atoms with Gasteiger partial charge in [-0.15, -0.1) is 10.2 Å². The molecule has 0 saturated carbocycles. The Morgan fingerprint density at radius 1 is 0.974 bits per heavy atom. The lowest BCUT2D eigenvalue weighted by Crippen LogP contribution is -2.37. The van der Waals surface area contributed by atoms with E-state index in [1.165, 1.54) is 12.0 Å². The number of cyclic esters (lactones) is 1. The number of aromatic nitrogens is 4. The van der Waals surface area contributed by atoms with Crippen LogP contribution in [-0.2, 0) is 25.4 Å². The molecule has 0 aromatic carbocycles. The zero-order valence-electron chi connectivity index (χ0n) is 24.1. The van der Waals surface area contributed by atoms with E-state index in [4.69, 9.17) is 14.2 Å². The lowest BCUT2D eigenvalue weighted by molar-refractivity contribution is -0.154. The van der Waals surface area contributed by atoms with Crippen LogP contribution in [0.4, 0.5) is 0 Å². The number of H-pyrrole nitrogens is 1. The van der Waals surface area contributed by atoms with Crippen LogP contribution in [-0.4, -0.2) is 57.1 Å². The molecule has 1 aromatic rings. The predicted octanol–water partition coefficient (Wildman–Crippen LogP) is 6.21. The number of tetrazole rings is 1. The van der Waals surface area contributed by atoms with Gasteiger partial charge in [-0.2, -0.15) is 5.21 Å². The minimum Gasteiger partial charge on any atom is -0.457 e. The second-order valence-corrected chi connectivity index (χ2v) is 11.8. The van der Waals surface area contributed by atoms with Crippen LogP contribution in [0.5, 0.6) is 0 Å². The molecule has 1 N–H and O–H groups in total. The van der Waals surface area contributed by atoms with E-state index < -0.39 is 0 Å². The number of allylic oxidation sites excluding steroid dienone is 3. The number of carbonyl (C=O) groups is 1. The number of ether oxygens (including phenoxy) is 3. The van der Waals surface area contributed by atoms with E-state index in [1.54, 1.807) is 0 Å². The normalized spacial score (nSPS) is 33.9. The van der Waals surface area contributed by atoms with Gasteiger partial charge in [-0.3, -0.25) is 4.79 Å². The Morgan fingerprint density at radius 2 is 1.77 bits per heavy atom. The molecular weight excluding hydrogens is 492 g/mol. The number of carbonyl (C=O) groups excluding carboxylic acids is 1. The average Bonchev–Trinajstić information content (AvgIpc) is 3.43. The van der Waals surface area contributed by atoms with Gasteiger partial charge in [-0.25, -0.2) is 0 Å². The second-order valence-electron chi connectivity index (χ2n) is 11.8. The molecule has 4 rings (SSSR count). The van der Waals surface area contributed by atoms with Gasteiger partial charge >= 0.3 is 5.97 Å². The monoisotopic (exact) mass is 540 g/mol. The third-order valence-electron chi connectivity index (χ3n) is 8.28. The first-order valence-electron chi connectivity index (χ1n) is 15.2. The molecule has 7 atom stereocenters. The van der Waals surface area contributed by atoms with Crippen LogP contribution in [0.25, 0.3) is 0 Å². The van der Waals surface area contributed by atoms with Crippen LogP contribution in [0.1, 0.15) is 104 Å². The average molecular weight is 541 g/mol. The van der Waals surface area contributed by atoms with Crippen molar-refractivity contribution < 1.29 is 19.0 Å². The van der Waals surface area contributed by atoms with Crippen LogP contribution in [0, 0.1) is 11.8 Å². The number of unbranched alkanes of at least 4 members (excludes halogenated alkanes) is 3. The molecule has 0 radical (unpaired) electrons. The number of nitrogens with one attached hydrogen (secondary N) is 1. The Labute approximate surface area is 234 Å². The number of aromatic amines is 1. The van der Waals surface area contributed by atoms with Gasteiger partial charge in [0.2, 0.25) is 0 Å². The quantitative estimate of drug-likeness (QED) is 0.249. The minimum absolute atomic E-state index is 0.0879. The summed E-state index contributed by atoms with van der Waals surface area (Å²) in [5.41, 5.74) is 1.37. The van der Waals surface area contributed by atoms with Crippen LogP contribution >= 0.6 is 0 Å². The van der Waals surface area contributed by atoms with Crippen molar-refractivity contribution in [2.75, 3.05) is 0 Å². The Morgan fingerprint density at radius 3 is 2.56 bits per heavy atom. The van der Waals surface area contributed by atoms with E-state index in [0.717, 1.165) is 76.5 Å². The first-order chi connectivity index (χ1) is 19.0. The van der Waals surface area contributed by atoms with Crippen molar-refractivity contribution >= 4 is 5.97 Å². The Kier molecular flexibility index (Phi) is 11.8. The predicted molar refractivity (Wildman–Crippen MR) is 151 cm³/mol. The number of esters is 1. The van der Waals surface area contributed by atoms with Crippen LogP contribution < -0.4 is 0 Å². The first-order valence-corrected chi connectivity index (χ1v) is 15.2. The maximum absolute atomic E-state index is 13.1. The molecule has 3 aliphatic heterocycles. The van der Waals surface area contributed by atoms with Crippen molar-refractivity contribution in [3.05, 3.63) is 41.8 Å². The Balaban J connectivity index is 1.38. The van der Waals surface area contributed by atoms with Crippen molar-refractivity contribution in [1.29, 1.82) is 0 Å². The van der Waals surface area contributed by atoms with Crippen molar-refractivity contribution in [2.45, 2.75) is 135 Å². The van der Waals surface area contributed by atoms with Gasteiger partial charge in [0, 0.05) is 18.8 Å². The first kappa shape index (κ1) is 29.7. The van der Waals surface area contributed by atoms with Crippen molar-refractivity contribution in [3.63, 3.8) is 0 Å². The van der Waals surface area contributed by atoms with E-state index >= 15 is 0 Å². The fourth-order valence-electron chi connectivity index (χ4n) is 6.07. The summed E-state index contributed by atoms with van der Waals surface area (Å²) in [5.74, 6) is 1.08. The van der Waals surface area contributed by atoms with Crippen LogP contribution in [0.15, 0.2) is 36.0 Å². The van der Waals surface area contributed by atoms with Crippen molar-refractivity contribution in [3.8, 4) is 0 Å². The summed E-state index contributed by atoms with van der Waals surface area (Å²) in [7, 11) is 0. The molecular formula is C31H48N4O4. The number of aryl methyl sites for hydroxylation is 1. The van der Waals surface area contributed by atoms with Gasteiger partial charge in [-0.1, -0.05) is 55.4 Å². The SMILES string of the molecule is CC=C1CC2CC(=O)OC(C=CCCCCCc3nn[nH]n3)C(C)C=CC(C)CC3CCCC(CC(C1)O2)O3. The molecule has 1 aromatic heterocycles. The molecule has 216 valence electrons. The van der Waals surface area contributed by atoms with Gasteiger partial charge in [0.15, 0.2) is 5.82 Å². The fraction of sp³-hybridized carbons (Fsp3) is 0.742. The van der Waals surface area contributed by atoms with Gasteiger partial charge in [0.25, 0.3) is 0 Å². The molecule has 39 heavy (non-hydrogen) atoms. The molecule has 7 unspecified atom stereocenters. The molecule has 0 aliphatic carbocycles. The zero-order valence-corrected chi connectivity index (χ0v) is 24.1. The van der Waals surface area contributed by atoms with E-state index in [2.05, 4.69) is 71.8 Å². The van der Waals surface area contributed by atoms with Crippen molar-refractivity contribution in [2.24, 2.45) is 11.8 Å². The summed E-state index contributed by atoms with van der Waals surface area (Å²) < 4.78 is 19.1. The highest BCUT2D eigenvalue weighted by Crippen LogP contribution is 2.33. The van der Waals surface area contributed by atoms with Crippen LogP contribution in [0.2, 0.25) is 0 Å². The maximum atomic E-state index is 13.1. The standard InChI is InChI=1S/C31H48N4O4/c1-4-24-18-27-20-26-12-10-11-25(37-26)17-22(2)15-16-23(3)29(39-31(36)21-28(19-24)38-27)13-8-6-5-7-9-14-30-32-34-35-33-30/h4,8,13,15-16,22-23,25-29H,5-7,9-12,14,17-21H2,1-3H3,(H,32,33,34,35). The summed E-state index contributed by atoms with van der Waals surface area (Å²) >= 11 is 0. The third-order valence-corrected chi connectivity index (χ3v) is 8.28. The molecule has 8 heteroatoms. The van der Waals surface area contributed by atoms with Crippen LogP contribution in [0.3, 0.4) is 0 Å². The Bertz CT molecular complexity index is 960. The number of nitrogens with zero attached hydrogens (tertiary/aromatic N) is 3. The lowest BCUT2D eigenvalue weighted by Gasteiger charge is -2.37. The molecule has 4 heterocycles. The van der Waals surface area contributed by atoms with Crippen molar-refractivity contribution in [1.82, 2.24) is 20.6 Å². The molecule has 3 aliphatic rings. The molecule has 2 saturated heterocycles. The highest BCUT2D eigenvalue weighted by atomic mass is 16.5. The number of rotatable bonds is 7. The van der Waals surface area contributed by atoms with Gasteiger partial charge in [-0.05, 0) is 76.7 Å². The highest BCUT2D eigenvalue weighted by molar-refractivity contribution is 5.70. The molecule has 8 nitrogen and oxygen atoms in total. The van der Waals surface area contributed by atoms with Gasteiger partial charge < -0.3 is 14.2 Å². The Hall–Kier alpha value is -2.32. The molecule has 4 bridgehead atoms. The van der Waals surface area contributed by atoms with E-state index in [1.807, 2.05) is 0 Å². The summed E-state index contributed by atoms with van der Waals surface area (Å²) in [5, 5.41) is 14.1. The lowest BCUT2D eigenvalue weighted by atomic mass is 9.90. The molecule has 2 fully saturated rings. The number of hydrogen-bond donors (Lipinski definition) is 1. The third kappa shape index (κ3) is 9.98.